The van der Waals surface area contributed by atoms with Gasteiger partial charge in [-0.05, 0) is 68.3 Å². The number of hydrogen-bond donors (Lipinski definition) is 1. The number of ether oxygens (including phenoxy) is 1. The van der Waals surface area contributed by atoms with Crippen LogP contribution in [0.1, 0.15) is 35.4 Å². The van der Waals surface area contributed by atoms with Crippen molar-refractivity contribution < 1.29 is 32.2 Å². The zero-order chi connectivity index (χ0) is 23.6. The Balaban J connectivity index is 1.37. The maximum Gasteiger partial charge on any atom is 0.416 e. The Morgan fingerprint density at radius 2 is 1.88 bits per heavy atom. The van der Waals surface area contributed by atoms with Crippen LogP contribution >= 0.6 is 0 Å². The number of carboxylic acid groups (broad SMARTS) is 1. The first-order valence-electron chi connectivity index (χ1n) is 10.5. The van der Waals surface area contributed by atoms with E-state index in [1.165, 1.54) is 12.1 Å². The fourth-order valence-corrected chi connectivity index (χ4v) is 3.86. The van der Waals surface area contributed by atoms with E-state index in [-0.39, 0.29) is 12.5 Å². The minimum Gasteiger partial charge on any atom is -0.487 e. The largest absolute Gasteiger partial charge is 0.487 e. The van der Waals surface area contributed by atoms with Crippen molar-refractivity contribution in [1.82, 2.24) is 9.88 Å². The van der Waals surface area contributed by atoms with Crippen LogP contribution in [0.15, 0.2) is 52.9 Å². The molecule has 1 saturated heterocycles. The summed E-state index contributed by atoms with van der Waals surface area (Å²) in [4.78, 5) is 17.7. The molecule has 9 heteroatoms. The molecule has 2 heterocycles. The third-order valence-corrected chi connectivity index (χ3v) is 5.69. The Bertz CT molecular complexity index is 1110. The zero-order valence-corrected chi connectivity index (χ0v) is 17.9. The summed E-state index contributed by atoms with van der Waals surface area (Å²) >= 11 is 0. The van der Waals surface area contributed by atoms with Gasteiger partial charge in [-0.1, -0.05) is 12.1 Å². The van der Waals surface area contributed by atoms with Gasteiger partial charge in [0.05, 0.1) is 5.56 Å². The molecule has 1 aliphatic heterocycles. The first-order chi connectivity index (χ1) is 15.7. The molecule has 33 heavy (non-hydrogen) atoms. The van der Waals surface area contributed by atoms with Gasteiger partial charge in [-0.3, -0.25) is 9.69 Å². The van der Waals surface area contributed by atoms with Gasteiger partial charge < -0.3 is 14.3 Å². The maximum absolute atomic E-state index is 12.7. The van der Waals surface area contributed by atoms with Crippen molar-refractivity contribution in [2.75, 3.05) is 6.54 Å². The van der Waals surface area contributed by atoms with Gasteiger partial charge in [0.1, 0.15) is 29.9 Å². The summed E-state index contributed by atoms with van der Waals surface area (Å²) < 4.78 is 49.6. The molecule has 174 valence electrons. The summed E-state index contributed by atoms with van der Waals surface area (Å²) in [6.07, 6.45) is -2.85. The highest BCUT2D eigenvalue weighted by atomic mass is 19.4. The molecule has 1 N–H and O–H groups in total. The summed E-state index contributed by atoms with van der Waals surface area (Å²) in [6, 6.07) is 11.6. The average molecular weight is 460 g/mol. The first kappa shape index (κ1) is 22.8. The molecule has 0 saturated carbocycles. The Morgan fingerprint density at radius 1 is 1.18 bits per heavy atom. The quantitative estimate of drug-likeness (QED) is 0.516. The van der Waals surface area contributed by atoms with E-state index in [1.54, 1.807) is 6.92 Å². The summed E-state index contributed by atoms with van der Waals surface area (Å²) in [5.74, 6) is 0.587. The van der Waals surface area contributed by atoms with Gasteiger partial charge in [0, 0.05) is 12.1 Å². The second-order valence-electron chi connectivity index (χ2n) is 8.00. The van der Waals surface area contributed by atoms with E-state index in [1.807, 2.05) is 29.2 Å². The number of aromatic nitrogens is 1. The lowest BCUT2D eigenvalue weighted by Gasteiger charge is -2.21. The molecule has 0 bridgehead atoms. The topological polar surface area (TPSA) is 75.8 Å². The van der Waals surface area contributed by atoms with E-state index in [4.69, 9.17) is 9.15 Å². The molecule has 0 radical (unpaired) electrons. The molecule has 4 rings (SSSR count). The molecule has 0 aliphatic carbocycles. The van der Waals surface area contributed by atoms with Crippen molar-refractivity contribution in [3.8, 4) is 17.2 Å². The lowest BCUT2D eigenvalue weighted by Crippen LogP contribution is -2.35. The van der Waals surface area contributed by atoms with Crippen LogP contribution in [0.4, 0.5) is 13.2 Å². The van der Waals surface area contributed by atoms with E-state index in [0.717, 1.165) is 30.7 Å². The fourth-order valence-electron chi connectivity index (χ4n) is 3.86. The number of nitrogens with zero attached hydrogens (tertiary/aromatic N) is 2. The van der Waals surface area contributed by atoms with Gasteiger partial charge in [0.25, 0.3) is 0 Å². The molecule has 6 nitrogen and oxygen atoms in total. The van der Waals surface area contributed by atoms with Gasteiger partial charge in [-0.25, -0.2) is 4.98 Å². The summed E-state index contributed by atoms with van der Waals surface area (Å²) in [6.45, 7) is 3.19. The van der Waals surface area contributed by atoms with Gasteiger partial charge in [0.15, 0.2) is 0 Å². The third kappa shape index (κ3) is 5.36. The maximum atomic E-state index is 12.7. The number of rotatable bonds is 7. The van der Waals surface area contributed by atoms with Crippen LogP contribution in [0.25, 0.3) is 11.5 Å². The van der Waals surface area contributed by atoms with E-state index >= 15 is 0 Å². The molecule has 1 atom stereocenters. The van der Waals surface area contributed by atoms with Crippen LogP contribution in [-0.4, -0.2) is 33.5 Å². The Kier molecular flexibility index (Phi) is 6.42. The van der Waals surface area contributed by atoms with Crippen molar-refractivity contribution in [2.24, 2.45) is 0 Å². The third-order valence-electron chi connectivity index (χ3n) is 5.69. The summed E-state index contributed by atoms with van der Waals surface area (Å²) in [5.41, 5.74) is 1.26. The summed E-state index contributed by atoms with van der Waals surface area (Å²) in [7, 11) is 0. The first-order valence-corrected chi connectivity index (χ1v) is 10.5. The SMILES string of the molecule is Cc1oc(-c2ccc(C(F)(F)F)cc2)nc1COc1ccc(CN2CCC[C@H]2C(=O)O)cc1. The van der Waals surface area contributed by atoms with E-state index in [9.17, 15) is 23.1 Å². The van der Waals surface area contributed by atoms with E-state index in [0.29, 0.717) is 35.7 Å². The minimum atomic E-state index is -4.40. The number of hydrogen-bond acceptors (Lipinski definition) is 5. The monoisotopic (exact) mass is 460 g/mol. The Hall–Kier alpha value is -3.33. The van der Waals surface area contributed by atoms with Crippen molar-refractivity contribution in [1.29, 1.82) is 0 Å². The van der Waals surface area contributed by atoms with E-state index < -0.39 is 23.8 Å². The smallest absolute Gasteiger partial charge is 0.416 e. The van der Waals surface area contributed by atoms with Crippen LogP contribution in [0, 0.1) is 6.92 Å². The fraction of sp³-hybridized carbons (Fsp3) is 0.333. The lowest BCUT2D eigenvalue weighted by molar-refractivity contribution is -0.142. The second-order valence-corrected chi connectivity index (χ2v) is 8.00. The summed E-state index contributed by atoms with van der Waals surface area (Å²) in [5, 5.41) is 9.30. The predicted molar refractivity (Wildman–Crippen MR) is 114 cm³/mol. The normalized spacial score (nSPS) is 16.8. The molecular weight excluding hydrogens is 437 g/mol. The highest BCUT2D eigenvalue weighted by Crippen LogP contribution is 2.31. The van der Waals surface area contributed by atoms with Crippen LogP contribution in [0.5, 0.6) is 5.75 Å². The Labute approximate surface area is 188 Å². The predicted octanol–water partition coefficient (Wildman–Crippen LogP) is 5.30. The molecule has 0 unspecified atom stereocenters. The standard InChI is InChI=1S/C24H23F3N2O4/c1-15-20(28-22(33-15)17-6-8-18(9-7-17)24(25,26)27)14-32-19-10-4-16(5-11-19)13-29-12-2-3-21(29)23(30)31/h4-11,21H,2-3,12-14H2,1H3,(H,30,31)/t21-/m0/s1. The van der Waals surface area contributed by atoms with Crippen LogP contribution in [0.2, 0.25) is 0 Å². The number of halogens is 3. The van der Waals surface area contributed by atoms with Gasteiger partial charge in [0.2, 0.25) is 5.89 Å². The van der Waals surface area contributed by atoms with Gasteiger partial charge >= 0.3 is 12.1 Å². The zero-order valence-electron chi connectivity index (χ0n) is 17.9. The molecule has 1 aromatic heterocycles. The number of aliphatic carboxylic acids is 1. The molecule has 1 aliphatic rings. The Morgan fingerprint density at radius 3 is 2.52 bits per heavy atom. The number of aryl methyl sites for hydroxylation is 1. The molecule has 0 spiro atoms. The minimum absolute atomic E-state index is 0.141. The second kappa shape index (κ2) is 9.27. The van der Waals surface area contributed by atoms with Crippen molar-refractivity contribution in [2.45, 2.75) is 45.1 Å². The van der Waals surface area contributed by atoms with Crippen LogP contribution in [-0.2, 0) is 24.1 Å². The number of carbonyl (C=O) groups is 1. The van der Waals surface area contributed by atoms with Crippen molar-refractivity contribution in [3.63, 3.8) is 0 Å². The van der Waals surface area contributed by atoms with Crippen molar-refractivity contribution in [3.05, 3.63) is 71.1 Å². The average Bonchev–Trinajstić information content (AvgIpc) is 3.39. The highest BCUT2D eigenvalue weighted by molar-refractivity contribution is 5.73. The van der Waals surface area contributed by atoms with Crippen LogP contribution in [0.3, 0.4) is 0 Å². The van der Waals surface area contributed by atoms with E-state index in [2.05, 4.69) is 4.98 Å². The van der Waals surface area contributed by atoms with Gasteiger partial charge in [-0.15, -0.1) is 0 Å². The van der Waals surface area contributed by atoms with Gasteiger partial charge in [-0.2, -0.15) is 13.2 Å². The van der Waals surface area contributed by atoms with Crippen molar-refractivity contribution >= 4 is 5.97 Å². The number of likely N-dealkylation sites (tertiary alicyclic amines) is 1. The lowest BCUT2D eigenvalue weighted by atomic mass is 10.1. The number of benzene rings is 2. The number of oxazole rings is 1. The molecule has 2 aromatic carbocycles. The number of alkyl halides is 3. The molecule has 1 fully saturated rings. The number of carboxylic acids is 1. The molecule has 3 aromatic rings. The molecule has 0 amide bonds. The highest BCUT2D eigenvalue weighted by Gasteiger charge is 2.31. The molecular formula is C24H23F3N2O4. The van der Waals surface area contributed by atoms with Crippen LogP contribution < -0.4 is 4.74 Å².